The monoisotopic (exact) mass is 1060 g/mol. The summed E-state index contributed by atoms with van der Waals surface area (Å²) in [6.07, 6.45) is -5.56. The summed E-state index contributed by atoms with van der Waals surface area (Å²) in [7, 11) is 5.24. The molecular formula is C46H39F6N17O7. The third-order valence-corrected chi connectivity index (χ3v) is 9.88. The van der Waals surface area contributed by atoms with Crippen LogP contribution in [0, 0.1) is 0 Å². The van der Waals surface area contributed by atoms with Gasteiger partial charge in [0.05, 0.1) is 47.6 Å². The van der Waals surface area contributed by atoms with E-state index >= 15 is 0 Å². The summed E-state index contributed by atoms with van der Waals surface area (Å²) in [5.74, 6) is 1.48. The first-order chi connectivity index (χ1) is 36.3. The Kier molecular flexibility index (Phi) is 16.5. The molecular weight excluding hydrogens is 1020 g/mol. The van der Waals surface area contributed by atoms with Gasteiger partial charge in [-0.15, -0.1) is 0 Å². The number of anilines is 6. The number of amides is 3. The van der Waals surface area contributed by atoms with Gasteiger partial charge in [0.25, 0.3) is 0 Å². The number of methoxy groups -OCH3 is 4. The lowest BCUT2D eigenvalue weighted by molar-refractivity contribution is -0.141. The first-order valence-corrected chi connectivity index (χ1v) is 21.5. The highest BCUT2D eigenvalue weighted by atomic mass is 19.4. The van der Waals surface area contributed by atoms with Crippen molar-refractivity contribution in [3.05, 3.63) is 127 Å². The molecule has 0 atom stereocenters. The van der Waals surface area contributed by atoms with Gasteiger partial charge in [-0.3, -0.25) is 10.6 Å². The van der Waals surface area contributed by atoms with Gasteiger partial charge in [-0.25, -0.2) is 64.2 Å². The van der Waals surface area contributed by atoms with E-state index in [1.54, 1.807) is 30.1 Å². The number of nitrogens with zero attached hydrogens (tertiary/aromatic N) is 11. The summed E-state index contributed by atoms with van der Waals surface area (Å²) in [4.78, 5) is 76.7. The minimum Gasteiger partial charge on any atom is -0.497 e. The number of benzene rings is 1. The zero-order chi connectivity index (χ0) is 54.6. The molecule has 7 N–H and O–H groups in total. The van der Waals surface area contributed by atoms with Crippen LogP contribution in [0.4, 0.5) is 75.4 Å². The highest BCUT2D eigenvalue weighted by Crippen LogP contribution is 2.33. The smallest absolute Gasteiger partial charge is 0.433 e. The number of rotatable bonds is 11. The first-order valence-electron chi connectivity index (χ1n) is 21.5. The van der Waals surface area contributed by atoms with E-state index in [2.05, 4.69) is 96.0 Å². The van der Waals surface area contributed by atoms with E-state index in [4.69, 9.17) is 4.74 Å². The number of alkyl halides is 6. The van der Waals surface area contributed by atoms with Crippen LogP contribution in [0.3, 0.4) is 0 Å². The van der Waals surface area contributed by atoms with Gasteiger partial charge in [-0.1, -0.05) is 24.3 Å². The molecule has 8 heterocycles. The quantitative estimate of drug-likeness (QED) is 0.0521. The molecule has 3 amide bonds. The van der Waals surface area contributed by atoms with Gasteiger partial charge in [0.15, 0.2) is 40.1 Å². The fourth-order valence-electron chi connectivity index (χ4n) is 6.40. The van der Waals surface area contributed by atoms with Gasteiger partial charge in [0, 0.05) is 35.9 Å². The SMILES string of the molecule is COC(=O)Nc1cc(Nc2nc(-c3cccc(C(F)(F)F)n3)nc3c2ncn3Cc2ccc(OC)cc2)ccn1.COC(=O)Nc1cc(Nc2nc(-c3cccc(C(F)(F)F)n3)nc3nc[nH]c23)ccn1.COC(N)=O. The maximum absolute atomic E-state index is 13.4. The predicted molar refractivity (Wildman–Crippen MR) is 259 cm³/mol. The van der Waals surface area contributed by atoms with Gasteiger partial charge in [0.2, 0.25) is 0 Å². The number of ether oxygens (including phenoxy) is 4. The average Bonchev–Trinajstić information content (AvgIpc) is 4.06. The number of hydrogen-bond donors (Lipinski definition) is 6. The van der Waals surface area contributed by atoms with Crippen molar-refractivity contribution < 1.29 is 59.7 Å². The van der Waals surface area contributed by atoms with Crippen molar-refractivity contribution in [1.29, 1.82) is 0 Å². The summed E-state index contributed by atoms with van der Waals surface area (Å²) in [6.45, 7) is 0.370. The highest BCUT2D eigenvalue weighted by molar-refractivity contribution is 5.89. The molecule has 1 aromatic carbocycles. The van der Waals surface area contributed by atoms with Crippen LogP contribution in [-0.4, -0.2) is 106 Å². The molecule has 8 aromatic heterocycles. The van der Waals surface area contributed by atoms with Crippen molar-refractivity contribution in [2.24, 2.45) is 5.73 Å². The third-order valence-electron chi connectivity index (χ3n) is 9.88. The molecule has 9 rings (SSSR count). The summed E-state index contributed by atoms with van der Waals surface area (Å²) in [5.41, 5.74) is 5.43. The second-order valence-electron chi connectivity index (χ2n) is 15.0. The number of carbonyl (C=O) groups excluding carboxylic acids is 3. The number of fused-ring (bicyclic) bond motifs is 2. The van der Waals surface area contributed by atoms with Crippen LogP contribution < -0.4 is 31.7 Å². The van der Waals surface area contributed by atoms with Gasteiger partial charge >= 0.3 is 30.6 Å². The summed E-state index contributed by atoms with van der Waals surface area (Å²) in [5, 5.41) is 11.0. The first kappa shape index (κ1) is 53.5. The molecule has 0 aliphatic rings. The summed E-state index contributed by atoms with van der Waals surface area (Å²) < 4.78 is 99.2. The van der Waals surface area contributed by atoms with Crippen molar-refractivity contribution in [2.45, 2.75) is 18.9 Å². The Morgan fingerprint density at radius 3 is 1.67 bits per heavy atom. The minimum absolute atomic E-state index is 0.0421. The molecule has 0 radical (unpaired) electrons. The van der Waals surface area contributed by atoms with Gasteiger partial charge in [0.1, 0.15) is 45.7 Å². The second kappa shape index (κ2) is 23.5. The topological polar surface area (TPSA) is 312 Å². The van der Waals surface area contributed by atoms with Crippen molar-refractivity contribution in [2.75, 3.05) is 49.7 Å². The Morgan fingerprint density at radius 2 is 1.16 bits per heavy atom. The number of H-pyrrole nitrogens is 1. The summed E-state index contributed by atoms with van der Waals surface area (Å²) in [6, 6.07) is 20.7. The predicted octanol–water partition coefficient (Wildman–Crippen LogP) is 8.74. The van der Waals surface area contributed by atoms with E-state index in [1.807, 2.05) is 24.3 Å². The van der Waals surface area contributed by atoms with E-state index in [1.165, 1.54) is 76.4 Å². The molecule has 0 fully saturated rings. The molecule has 9 aromatic rings. The van der Waals surface area contributed by atoms with Crippen LogP contribution >= 0.6 is 0 Å². The Hall–Kier alpha value is -10.3. The van der Waals surface area contributed by atoms with Crippen LogP contribution in [0.25, 0.3) is 45.4 Å². The van der Waals surface area contributed by atoms with Gasteiger partial charge < -0.3 is 44.9 Å². The number of aromatic amines is 1. The van der Waals surface area contributed by atoms with Crippen molar-refractivity contribution >= 4 is 75.3 Å². The molecule has 30 heteroatoms. The lowest BCUT2D eigenvalue weighted by Crippen LogP contribution is -2.12. The van der Waals surface area contributed by atoms with E-state index in [-0.39, 0.29) is 52.0 Å². The fraction of sp³-hybridized carbons (Fsp3) is 0.152. The fourth-order valence-corrected chi connectivity index (χ4v) is 6.40. The Morgan fingerprint density at radius 1 is 0.632 bits per heavy atom. The van der Waals surface area contributed by atoms with E-state index in [9.17, 15) is 40.7 Å². The Balaban J connectivity index is 0.000000208. The van der Waals surface area contributed by atoms with Gasteiger partial charge in [-0.05, 0) is 54.1 Å². The molecule has 0 aliphatic heterocycles. The van der Waals surface area contributed by atoms with Crippen molar-refractivity contribution in [3.63, 3.8) is 0 Å². The average molecular weight is 1060 g/mol. The standard InChI is InChI=1S/C26H21F3N8O3.C18H13F3N8O2.C2H5NO2/c1-39-17-8-6-15(7-9-17)13-37-14-31-21-23(32-16-10-11-30-20(12-16)34-25(38)40-2)35-22(36-24(21)37)18-4-3-5-19(33-18)26(27,28)29;1-31-17(30)27-12-7-9(5-6-22-12)25-16-13-15(24-8-23-13)28-14(29-16)10-3-2-4-11(26-10)18(19,20)21;1-5-2(3)4/h3-12,14H,13H2,1-2H3,(H2,30,32,34,35,36,38);2-8H,1H3,(H3,22,23,24,25,27,28,29,30);1H3,(H2,3,4). The normalized spacial score (nSPS) is 11.0. The number of nitrogens with one attached hydrogen (secondary N) is 5. The Labute approximate surface area is 423 Å². The minimum atomic E-state index is -4.64. The van der Waals surface area contributed by atoms with Crippen LogP contribution in [-0.2, 0) is 33.1 Å². The molecule has 0 unspecified atom stereocenters. The van der Waals surface area contributed by atoms with E-state index < -0.39 is 42.0 Å². The molecule has 392 valence electrons. The molecule has 0 saturated carbocycles. The number of carbonyl (C=O) groups is 3. The Bertz CT molecular complexity index is 3510. The second-order valence-corrected chi connectivity index (χ2v) is 15.0. The maximum atomic E-state index is 13.4. The number of aromatic nitrogens is 12. The number of hydrogen-bond acceptors (Lipinski definition) is 19. The lowest BCUT2D eigenvalue weighted by atomic mass is 10.2. The number of nitrogens with two attached hydrogens (primary N) is 1. The number of pyridine rings is 4. The number of halogens is 6. The maximum Gasteiger partial charge on any atom is 0.433 e. The number of imidazole rings is 2. The van der Waals surface area contributed by atoms with Crippen LogP contribution in [0.1, 0.15) is 17.0 Å². The van der Waals surface area contributed by atoms with Crippen LogP contribution in [0.15, 0.2) is 110 Å². The summed E-state index contributed by atoms with van der Waals surface area (Å²) >= 11 is 0. The zero-order valence-electron chi connectivity index (χ0n) is 39.7. The molecule has 0 spiro atoms. The van der Waals surface area contributed by atoms with Crippen molar-refractivity contribution in [3.8, 4) is 28.8 Å². The van der Waals surface area contributed by atoms with Crippen LogP contribution in [0.2, 0.25) is 0 Å². The van der Waals surface area contributed by atoms with Gasteiger partial charge in [-0.2, -0.15) is 26.3 Å². The van der Waals surface area contributed by atoms with Crippen molar-refractivity contribution in [1.82, 2.24) is 59.4 Å². The largest absolute Gasteiger partial charge is 0.497 e. The van der Waals surface area contributed by atoms with E-state index in [0.717, 1.165) is 17.7 Å². The molecule has 0 saturated heterocycles. The number of primary amides is 1. The molecule has 24 nitrogen and oxygen atoms in total. The zero-order valence-corrected chi connectivity index (χ0v) is 39.7. The molecule has 0 aliphatic carbocycles. The highest BCUT2D eigenvalue weighted by Gasteiger charge is 2.34. The molecule has 76 heavy (non-hydrogen) atoms. The lowest BCUT2D eigenvalue weighted by Gasteiger charge is -2.12. The van der Waals surface area contributed by atoms with Crippen LogP contribution in [0.5, 0.6) is 5.75 Å². The third kappa shape index (κ3) is 13.8. The molecule has 0 bridgehead atoms. The van der Waals surface area contributed by atoms with E-state index in [0.29, 0.717) is 40.3 Å².